The predicted molar refractivity (Wildman–Crippen MR) is 66.8 cm³/mol. The smallest absolute Gasteiger partial charge is 0.189 e. The van der Waals surface area contributed by atoms with Crippen molar-refractivity contribution in [2.75, 3.05) is 6.54 Å². The van der Waals surface area contributed by atoms with Crippen LogP contribution < -0.4 is 5.43 Å². The molecule has 0 saturated heterocycles. The van der Waals surface area contributed by atoms with Crippen molar-refractivity contribution in [3.05, 3.63) is 57.2 Å². The highest BCUT2D eigenvalue weighted by Gasteiger charge is 2.00. The SMILES string of the molecule is [N-]=[N+]=NCCCn1ccc(=O)c2ccccc21. The summed E-state index contributed by atoms with van der Waals surface area (Å²) < 4.78 is 2.00. The van der Waals surface area contributed by atoms with Gasteiger partial charge in [-0.05, 0) is 24.1 Å². The van der Waals surface area contributed by atoms with E-state index in [9.17, 15) is 4.79 Å². The molecule has 17 heavy (non-hydrogen) atoms. The van der Waals surface area contributed by atoms with Crippen LogP contribution in [0.1, 0.15) is 6.42 Å². The molecule has 0 radical (unpaired) electrons. The van der Waals surface area contributed by atoms with E-state index in [1.807, 2.05) is 28.8 Å². The number of hydrogen-bond acceptors (Lipinski definition) is 2. The summed E-state index contributed by atoms with van der Waals surface area (Å²) in [7, 11) is 0. The number of aryl methyl sites for hydroxylation is 1. The van der Waals surface area contributed by atoms with Crippen LogP contribution in [0, 0.1) is 0 Å². The van der Waals surface area contributed by atoms with E-state index in [4.69, 9.17) is 5.53 Å². The molecule has 5 nitrogen and oxygen atoms in total. The first-order chi connectivity index (χ1) is 8.33. The lowest BCUT2D eigenvalue weighted by Gasteiger charge is -2.09. The lowest BCUT2D eigenvalue weighted by molar-refractivity contribution is 0.664. The first-order valence-electron chi connectivity index (χ1n) is 5.42. The molecule has 0 aliphatic carbocycles. The molecular weight excluding hydrogens is 216 g/mol. The summed E-state index contributed by atoms with van der Waals surface area (Å²) in [6.45, 7) is 1.21. The summed E-state index contributed by atoms with van der Waals surface area (Å²) in [5.41, 5.74) is 9.13. The van der Waals surface area contributed by atoms with Gasteiger partial charge in [-0.1, -0.05) is 17.2 Å². The number of para-hydroxylation sites is 1. The summed E-state index contributed by atoms with van der Waals surface area (Å²) >= 11 is 0. The van der Waals surface area contributed by atoms with Crippen molar-refractivity contribution in [1.82, 2.24) is 4.57 Å². The Labute approximate surface area is 97.9 Å². The van der Waals surface area contributed by atoms with Crippen LogP contribution in [0.15, 0.2) is 46.4 Å². The normalized spacial score (nSPS) is 10.1. The van der Waals surface area contributed by atoms with Crippen LogP contribution >= 0.6 is 0 Å². The minimum atomic E-state index is 0.0342. The molecule has 0 amide bonds. The maximum atomic E-state index is 11.6. The summed E-state index contributed by atoms with van der Waals surface area (Å²) in [4.78, 5) is 14.3. The molecule has 1 heterocycles. The second kappa shape index (κ2) is 5.18. The molecule has 0 saturated carbocycles. The van der Waals surface area contributed by atoms with Crippen molar-refractivity contribution < 1.29 is 0 Å². The van der Waals surface area contributed by atoms with E-state index >= 15 is 0 Å². The largest absolute Gasteiger partial charge is 0.347 e. The first kappa shape index (κ1) is 11.2. The third kappa shape index (κ3) is 2.46. The Morgan fingerprint density at radius 1 is 1.29 bits per heavy atom. The zero-order valence-electron chi connectivity index (χ0n) is 9.28. The van der Waals surface area contributed by atoms with Gasteiger partial charge in [0.25, 0.3) is 0 Å². The van der Waals surface area contributed by atoms with Gasteiger partial charge in [-0.15, -0.1) is 0 Å². The average Bonchev–Trinajstić information content (AvgIpc) is 2.37. The van der Waals surface area contributed by atoms with Crippen LogP contribution in [-0.2, 0) is 6.54 Å². The molecule has 2 aromatic rings. The Balaban J connectivity index is 2.31. The molecule has 0 aliphatic rings. The molecule has 1 aromatic heterocycles. The summed E-state index contributed by atoms with van der Waals surface area (Å²) in [6, 6.07) is 9.07. The molecule has 0 spiro atoms. The van der Waals surface area contributed by atoms with E-state index in [0.717, 1.165) is 23.9 Å². The molecular formula is C12H12N4O. The average molecular weight is 228 g/mol. The molecule has 5 heteroatoms. The van der Waals surface area contributed by atoms with Gasteiger partial charge in [0, 0.05) is 35.7 Å². The number of aromatic nitrogens is 1. The Bertz CT molecular complexity index is 626. The molecule has 86 valence electrons. The third-order valence-electron chi connectivity index (χ3n) is 2.61. The van der Waals surface area contributed by atoms with Crippen LogP contribution in [0.5, 0.6) is 0 Å². The highest BCUT2D eigenvalue weighted by Crippen LogP contribution is 2.09. The van der Waals surface area contributed by atoms with E-state index in [-0.39, 0.29) is 5.43 Å². The van der Waals surface area contributed by atoms with Crippen molar-refractivity contribution in [3.8, 4) is 0 Å². The lowest BCUT2D eigenvalue weighted by Crippen LogP contribution is -2.08. The fourth-order valence-electron chi connectivity index (χ4n) is 1.81. The zero-order valence-corrected chi connectivity index (χ0v) is 9.28. The van der Waals surface area contributed by atoms with Crippen LogP contribution in [0.25, 0.3) is 21.3 Å². The van der Waals surface area contributed by atoms with Gasteiger partial charge in [-0.25, -0.2) is 0 Å². The molecule has 0 N–H and O–H groups in total. The van der Waals surface area contributed by atoms with Crippen molar-refractivity contribution in [2.45, 2.75) is 13.0 Å². The molecule has 1 aromatic carbocycles. The molecule has 0 fully saturated rings. The maximum Gasteiger partial charge on any atom is 0.189 e. The van der Waals surface area contributed by atoms with Crippen molar-refractivity contribution in [3.63, 3.8) is 0 Å². The van der Waals surface area contributed by atoms with Crippen molar-refractivity contribution in [1.29, 1.82) is 0 Å². The summed E-state index contributed by atoms with van der Waals surface area (Å²) in [6.07, 6.45) is 2.54. The van der Waals surface area contributed by atoms with Crippen LogP contribution in [0.2, 0.25) is 0 Å². The quantitative estimate of drug-likeness (QED) is 0.343. The highest BCUT2D eigenvalue weighted by atomic mass is 16.1. The van der Waals surface area contributed by atoms with Gasteiger partial charge >= 0.3 is 0 Å². The number of benzene rings is 1. The van der Waals surface area contributed by atoms with Gasteiger partial charge in [0.1, 0.15) is 0 Å². The summed E-state index contributed by atoms with van der Waals surface area (Å²) in [5.74, 6) is 0. The Morgan fingerprint density at radius 2 is 2.12 bits per heavy atom. The molecule has 0 unspecified atom stereocenters. The van der Waals surface area contributed by atoms with E-state index in [2.05, 4.69) is 10.0 Å². The van der Waals surface area contributed by atoms with Gasteiger partial charge in [0.2, 0.25) is 0 Å². The van der Waals surface area contributed by atoms with Gasteiger partial charge in [0.15, 0.2) is 5.43 Å². The molecule has 0 bridgehead atoms. The van der Waals surface area contributed by atoms with Gasteiger partial charge < -0.3 is 4.57 Å². The van der Waals surface area contributed by atoms with E-state index < -0.39 is 0 Å². The van der Waals surface area contributed by atoms with Crippen molar-refractivity contribution in [2.24, 2.45) is 5.11 Å². The number of pyridine rings is 1. The number of hydrogen-bond donors (Lipinski definition) is 0. The van der Waals surface area contributed by atoms with E-state index in [0.29, 0.717) is 6.54 Å². The van der Waals surface area contributed by atoms with E-state index in [1.165, 1.54) is 0 Å². The van der Waals surface area contributed by atoms with Crippen LogP contribution in [-0.4, -0.2) is 11.1 Å². The number of rotatable bonds is 4. The van der Waals surface area contributed by atoms with Crippen molar-refractivity contribution >= 4 is 10.9 Å². The van der Waals surface area contributed by atoms with Gasteiger partial charge in [-0.2, -0.15) is 0 Å². The molecule has 0 atom stereocenters. The highest BCUT2D eigenvalue weighted by molar-refractivity contribution is 5.78. The minimum Gasteiger partial charge on any atom is -0.347 e. The second-order valence-corrected chi connectivity index (χ2v) is 3.70. The summed E-state index contributed by atoms with van der Waals surface area (Å²) in [5, 5.41) is 4.21. The topological polar surface area (TPSA) is 70.8 Å². The second-order valence-electron chi connectivity index (χ2n) is 3.70. The van der Waals surface area contributed by atoms with Gasteiger partial charge in [-0.3, -0.25) is 4.79 Å². The standard InChI is InChI=1S/C12H12N4O/c13-15-14-7-3-8-16-9-6-12(17)10-4-1-2-5-11(10)16/h1-2,4-6,9H,3,7-8H2. The van der Waals surface area contributed by atoms with E-state index in [1.54, 1.807) is 12.3 Å². The first-order valence-corrected chi connectivity index (χ1v) is 5.42. The minimum absolute atomic E-state index is 0.0342. The fraction of sp³-hybridized carbons (Fsp3) is 0.250. The predicted octanol–water partition coefficient (Wildman–Crippen LogP) is 2.70. The molecule has 0 aliphatic heterocycles. The Hall–Kier alpha value is -2.26. The maximum absolute atomic E-state index is 11.6. The van der Waals surface area contributed by atoms with Crippen LogP contribution in [0.4, 0.5) is 0 Å². The number of azide groups is 1. The molecule has 2 rings (SSSR count). The van der Waals surface area contributed by atoms with Crippen LogP contribution in [0.3, 0.4) is 0 Å². The van der Waals surface area contributed by atoms with Gasteiger partial charge in [0.05, 0.1) is 5.52 Å². The lowest BCUT2D eigenvalue weighted by atomic mass is 10.2. The Morgan fingerprint density at radius 3 is 2.94 bits per heavy atom. The number of nitrogens with zero attached hydrogens (tertiary/aromatic N) is 4. The Kier molecular flexibility index (Phi) is 3.43. The number of fused-ring (bicyclic) bond motifs is 1. The zero-order chi connectivity index (χ0) is 12.1. The monoisotopic (exact) mass is 228 g/mol. The fourth-order valence-corrected chi connectivity index (χ4v) is 1.81. The third-order valence-corrected chi connectivity index (χ3v) is 2.61.